The molecule has 2 rings (SSSR count). The molecule has 0 radical (unpaired) electrons. The van der Waals surface area contributed by atoms with E-state index >= 15 is 0 Å². The van der Waals surface area contributed by atoms with Gasteiger partial charge in [0.15, 0.2) is 0 Å². The second kappa shape index (κ2) is 7.35. The molecule has 0 unspecified atom stereocenters. The van der Waals surface area contributed by atoms with Crippen LogP contribution in [0.3, 0.4) is 0 Å². The minimum absolute atomic E-state index is 0.128. The van der Waals surface area contributed by atoms with Crippen molar-refractivity contribution < 1.29 is 19.4 Å². The van der Waals surface area contributed by atoms with Gasteiger partial charge in [-0.25, -0.2) is 0 Å². The number of halogens is 1. The second-order valence-electron chi connectivity index (χ2n) is 4.79. The Bertz CT molecular complexity index is 532. The molecule has 7 nitrogen and oxygen atoms in total. The topological polar surface area (TPSA) is 85.9 Å². The summed E-state index contributed by atoms with van der Waals surface area (Å²) in [6, 6.07) is 3.83. The van der Waals surface area contributed by atoms with E-state index in [-0.39, 0.29) is 16.3 Å². The molecule has 1 amide bonds. The summed E-state index contributed by atoms with van der Waals surface area (Å²) in [6.45, 7) is 4.61. The number of benzene rings is 1. The van der Waals surface area contributed by atoms with Crippen LogP contribution in [-0.2, 0) is 4.74 Å². The number of non-ortho nitro benzene ring substituents is 1. The summed E-state index contributed by atoms with van der Waals surface area (Å²) in [7, 11) is 0. The molecule has 114 valence electrons. The summed E-state index contributed by atoms with van der Waals surface area (Å²) in [5.41, 5.74) is -0.0220. The van der Waals surface area contributed by atoms with E-state index in [0.717, 1.165) is 32.8 Å². The van der Waals surface area contributed by atoms with E-state index in [2.05, 4.69) is 5.32 Å². The van der Waals surface area contributed by atoms with Crippen molar-refractivity contribution in [3.8, 4) is 0 Å². The van der Waals surface area contributed by atoms with Gasteiger partial charge in [-0.1, -0.05) is 11.6 Å². The number of nitro groups is 1. The number of morpholine rings is 1. The number of nitrogens with one attached hydrogen (secondary N) is 2. The number of nitrogens with zero attached hydrogens (tertiary/aromatic N) is 1. The van der Waals surface area contributed by atoms with E-state index in [4.69, 9.17) is 16.3 Å². The third-order valence-electron chi connectivity index (χ3n) is 3.37. The zero-order valence-corrected chi connectivity index (χ0v) is 12.2. The van der Waals surface area contributed by atoms with Crippen molar-refractivity contribution in [3.05, 3.63) is 38.9 Å². The molecule has 2 N–H and O–H groups in total. The number of quaternary nitrogens is 1. The lowest BCUT2D eigenvalue weighted by atomic mass is 10.2. The van der Waals surface area contributed by atoms with Gasteiger partial charge < -0.3 is 15.0 Å². The summed E-state index contributed by atoms with van der Waals surface area (Å²) >= 11 is 5.92. The van der Waals surface area contributed by atoms with Crippen LogP contribution in [0.5, 0.6) is 0 Å². The quantitative estimate of drug-likeness (QED) is 0.587. The zero-order valence-electron chi connectivity index (χ0n) is 11.4. The van der Waals surface area contributed by atoms with E-state index in [9.17, 15) is 14.9 Å². The maximum atomic E-state index is 12.0. The molecule has 1 aliphatic rings. The van der Waals surface area contributed by atoms with Gasteiger partial charge in [0, 0.05) is 12.1 Å². The highest BCUT2D eigenvalue weighted by Gasteiger charge is 2.17. The highest BCUT2D eigenvalue weighted by molar-refractivity contribution is 6.33. The van der Waals surface area contributed by atoms with E-state index in [0.29, 0.717) is 6.54 Å². The van der Waals surface area contributed by atoms with Crippen molar-refractivity contribution in [1.82, 2.24) is 5.32 Å². The molecular formula is C13H17ClN3O4+. The number of carbonyl (C=O) groups is 1. The van der Waals surface area contributed by atoms with Gasteiger partial charge in [0.2, 0.25) is 0 Å². The van der Waals surface area contributed by atoms with Crippen LogP contribution in [0, 0.1) is 10.1 Å². The first-order valence-corrected chi connectivity index (χ1v) is 7.09. The molecule has 1 fully saturated rings. The minimum Gasteiger partial charge on any atom is -0.370 e. The van der Waals surface area contributed by atoms with Crippen molar-refractivity contribution in [2.75, 3.05) is 39.4 Å². The third-order valence-corrected chi connectivity index (χ3v) is 3.70. The van der Waals surface area contributed by atoms with Gasteiger partial charge in [0.25, 0.3) is 11.6 Å². The molecule has 0 spiro atoms. The Kier molecular flexibility index (Phi) is 5.49. The van der Waals surface area contributed by atoms with E-state index < -0.39 is 10.8 Å². The number of ether oxygens (including phenoxy) is 1. The Balaban J connectivity index is 1.90. The predicted molar refractivity (Wildman–Crippen MR) is 76.8 cm³/mol. The number of rotatable bonds is 5. The molecule has 8 heteroatoms. The molecule has 21 heavy (non-hydrogen) atoms. The van der Waals surface area contributed by atoms with Crippen LogP contribution < -0.4 is 10.2 Å². The van der Waals surface area contributed by atoms with Crippen molar-refractivity contribution in [2.45, 2.75) is 0 Å². The molecular weight excluding hydrogens is 298 g/mol. The minimum atomic E-state index is -0.551. The number of amides is 1. The van der Waals surface area contributed by atoms with Crippen LogP contribution in [0.15, 0.2) is 18.2 Å². The summed E-state index contributed by atoms with van der Waals surface area (Å²) in [5.74, 6) is -0.392. The lowest BCUT2D eigenvalue weighted by Gasteiger charge is -2.23. The fraction of sp³-hybridized carbons (Fsp3) is 0.462. The average Bonchev–Trinajstić information content (AvgIpc) is 2.48. The fourth-order valence-corrected chi connectivity index (χ4v) is 2.36. The smallest absolute Gasteiger partial charge is 0.270 e. The van der Waals surface area contributed by atoms with Gasteiger partial charge >= 0.3 is 0 Å². The molecule has 1 aromatic rings. The van der Waals surface area contributed by atoms with Gasteiger partial charge in [0.1, 0.15) is 13.1 Å². The first-order chi connectivity index (χ1) is 10.1. The van der Waals surface area contributed by atoms with Crippen LogP contribution in [-0.4, -0.2) is 50.2 Å². The lowest BCUT2D eigenvalue weighted by Crippen LogP contribution is -3.14. The normalized spacial score (nSPS) is 15.7. The molecule has 0 bridgehead atoms. The van der Waals surface area contributed by atoms with Gasteiger partial charge in [-0.3, -0.25) is 14.9 Å². The monoisotopic (exact) mass is 314 g/mol. The number of carbonyl (C=O) groups excluding carboxylic acids is 1. The highest BCUT2D eigenvalue weighted by Crippen LogP contribution is 2.21. The number of hydrogen-bond acceptors (Lipinski definition) is 4. The Labute approximate surface area is 127 Å². The first-order valence-electron chi connectivity index (χ1n) is 6.71. The van der Waals surface area contributed by atoms with Gasteiger partial charge in [-0.2, -0.15) is 0 Å². The van der Waals surface area contributed by atoms with E-state index in [1.54, 1.807) is 0 Å². The Morgan fingerprint density at radius 1 is 1.43 bits per heavy atom. The summed E-state index contributed by atoms with van der Waals surface area (Å²) in [4.78, 5) is 23.6. The number of hydrogen-bond donors (Lipinski definition) is 2. The average molecular weight is 315 g/mol. The summed E-state index contributed by atoms with van der Waals surface area (Å²) in [6.07, 6.45) is 0. The highest BCUT2D eigenvalue weighted by atomic mass is 35.5. The Morgan fingerprint density at radius 3 is 2.81 bits per heavy atom. The Hall–Kier alpha value is -1.70. The molecule has 1 aliphatic heterocycles. The van der Waals surface area contributed by atoms with Crippen LogP contribution in [0.2, 0.25) is 5.02 Å². The molecule has 0 saturated carbocycles. The predicted octanol–water partition coefficient (Wildman–Crippen LogP) is -0.107. The Morgan fingerprint density at radius 2 is 2.14 bits per heavy atom. The van der Waals surface area contributed by atoms with Crippen LogP contribution in [0.1, 0.15) is 10.4 Å². The number of nitro benzene ring substituents is 1. The molecule has 1 heterocycles. The zero-order chi connectivity index (χ0) is 15.2. The van der Waals surface area contributed by atoms with Crippen molar-refractivity contribution in [2.24, 2.45) is 0 Å². The fourth-order valence-electron chi connectivity index (χ4n) is 2.16. The van der Waals surface area contributed by atoms with Gasteiger partial charge in [0.05, 0.1) is 41.8 Å². The lowest BCUT2D eigenvalue weighted by molar-refractivity contribution is -0.906. The standard InChI is InChI=1S/C13H16ClN3O4/c14-12-2-1-10(17(19)20)9-11(12)13(18)15-3-4-16-5-7-21-8-6-16/h1-2,9H,3-8H2,(H,15,18)/p+1. The molecule has 0 aromatic heterocycles. The molecule has 1 saturated heterocycles. The second-order valence-corrected chi connectivity index (χ2v) is 5.20. The van der Waals surface area contributed by atoms with E-state index in [1.165, 1.54) is 23.1 Å². The SMILES string of the molecule is O=C(NCC[NH+]1CCOCC1)c1cc([N+](=O)[O-])ccc1Cl. The maximum Gasteiger partial charge on any atom is 0.270 e. The summed E-state index contributed by atoms with van der Waals surface area (Å²) < 4.78 is 5.26. The van der Waals surface area contributed by atoms with E-state index in [1.807, 2.05) is 0 Å². The largest absolute Gasteiger partial charge is 0.370 e. The van der Waals surface area contributed by atoms with Crippen LogP contribution in [0.4, 0.5) is 5.69 Å². The van der Waals surface area contributed by atoms with Gasteiger partial charge in [-0.15, -0.1) is 0 Å². The maximum absolute atomic E-state index is 12.0. The van der Waals surface area contributed by atoms with Crippen molar-refractivity contribution >= 4 is 23.2 Å². The first kappa shape index (κ1) is 15.7. The van der Waals surface area contributed by atoms with Crippen LogP contribution in [0.25, 0.3) is 0 Å². The summed E-state index contributed by atoms with van der Waals surface area (Å²) in [5, 5.41) is 13.7. The molecule has 0 atom stereocenters. The van der Waals surface area contributed by atoms with Crippen molar-refractivity contribution in [1.29, 1.82) is 0 Å². The molecule has 1 aromatic carbocycles. The van der Waals surface area contributed by atoms with Gasteiger partial charge in [-0.05, 0) is 6.07 Å². The third kappa shape index (κ3) is 4.38. The van der Waals surface area contributed by atoms with Crippen LogP contribution >= 0.6 is 11.6 Å². The van der Waals surface area contributed by atoms with Crippen molar-refractivity contribution in [3.63, 3.8) is 0 Å². The molecule has 0 aliphatic carbocycles.